The van der Waals surface area contributed by atoms with Gasteiger partial charge in [-0.25, -0.2) is 0 Å². The molecule has 0 aliphatic rings. The Hall–Kier alpha value is -1.47. The predicted octanol–water partition coefficient (Wildman–Crippen LogP) is 3.65. The van der Waals surface area contributed by atoms with E-state index in [9.17, 15) is 8.68 Å². The van der Waals surface area contributed by atoms with Crippen molar-refractivity contribution < 1.29 is 12.8 Å². The van der Waals surface area contributed by atoms with Gasteiger partial charge < -0.3 is 8.92 Å². The van der Waals surface area contributed by atoms with Gasteiger partial charge in [0.15, 0.2) is 11.5 Å². The van der Waals surface area contributed by atoms with Gasteiger partial charge in [-0.05, 0) is 23.8 Å². The monoisotopic (exact) mass is 359 g/mol. The van der Waals surface area contributed by atoms with E-state index >= 15 is 0 Å². The number of ether oxygens (including phenoxy) is 1. The summed E-state index contributed by atoms with van der Waals surface area (Å²) in [5.74, 6) is 0.609. The Balaban J connectivity index is 2.45. The normalized spacial score (nSPS) is 10.3. The van der Waals surface area contributed by atoms with Crippen molar-refractivity contribution in [3.8, 4) is 17.2 Å². The smallest absolute Gasteiger partial charge is 0.272 e. The molecule has 0 N–H and O–H groups in total. The Labute approximate surface area is 128 Å². The fraction of sp³-hybridized carbons (Fsp3) is 0.154. The number of rotatable bonds is 5. The van der Waals surface area contributed by atoms with Gasteiger partial charge in [0.2, 0.25) is 0 Å². The lowest BCUT2D eigenvalue weighted by molar-refractivity contribution is 0.398. The second kappa shape index (κ2) is 6.81. The average molecular weight is 360 g/mol. The standard InChI is InChI=1S/C13H11BrFNO3S/c1-18-12-7-10(2-3-11(12)19-20-15)16-5-4-9(8-14)6-13(16)17/h2-7H,8H2,1H3. The molecular formula is C13H11BrFNO3S. The molecule has 0 radical (unpaired) electrons. The molecule has 4 nitrogen and oxygen atoms in total. The van der Waals surface area contributed by atoms with E-state index in [0.717, 1.165) is 5.56 Å². The van der Waals surface area contributed by atoms with Crippen LogP contribution in [-0.2, 0) is 5.33 Å². The number of pyridine rings is 1. The van der Waals surface area contributed by atoms with Gasteiger partial charge in [-0.1, -0.05) is 15.9 Å². The Kier molecular flexibility index (Phi) is 5.08. The van der Waals surface area contributed by atoms with Crippen molar-refractivity contribution in [2.45, 2.75) is 5.33 Å². The molecule has 0 amide bonds. The molecule has 1 aromatic carbocycles. The van der Waals surface area contributed by atoms with Crippen LogP contribution < -0.4 is 14.5 Å². The summed E-state index contributed by atoms with van der Waals surface area (Å²) in [4.78, 5) is 12.0. The van der Waals surface area contributed by atoms with Crippen molar-refractivity contribution in [1.29, 1.82) is 0 Å². The van der Waals surface area contributed by atoms with E-state index in [1.807, 2.05) is 6.07 Å². The lowest BCUT2D eigenvalue weighted by Gasteiger charge is -2.11. The molecule has 0 atom stereocenters. The van der Waals surface area contributed by atoms with Crippen molar-refractivity contribution in [1.82, 2.24) is 4.57 Å². The summed E-state index contributed by atoms with van der Waals surface area (Å²) in [7, 11) is 1.45. The van der Waals surface area contributed by atoms with Crippen LogP contribution in [0.2, 0.25) is 0 Å². The topological polar surface area (TPSA) is 40.5 Å². The molecule has 20 heavy (non-hydrogen) atoms. The second-order valence-corrected chi connectivity index (χ2v) is 4.71. The number of hydrogen-bond acceptors (Lipinski definition) is 4. The van der Waals surface area contributed by atoms with Crippen molar-refractivity contribution in [3.05, 3.63) is 52.4 Å². The highest BCUT2D eigenvalue weighted by Gasteiger charge is 2.09. The van der Waals surface area contributed by atoms with E-state index in [2.05, 4.69) is 15.9 Å². The van der Waals surface area contributed by atoms with Gasteiger partial charge in [-0.15, -0.1) is 3.89 Å². The summed E-state index contributed by atoms with van der Waals surface area (Å²) in [5, 5.41) is 0.618. The van der Waals surface area contributed by atoms with Crippen molar-refractivity contribution in [3.63, 3.8) is 0 Å². The molecule has 0 spiro atoms. The van der Waals surface area contributed by atoms with Crippen LogP contribution in [0.1, 0.15) is 5.56 Å². The number of alkyl halides is 1. The maximum atomic E-state index is 12.1. The first-order chi connectivity index (χ1) is 9.69. The van der Waals surface area contributed by atoms with Gasteiger partial charge in [0.25, 0.3) is 18.0 Å². The van der Waals surface area contributed by atoms with Crippen LogP contribution >= 0.6 is 28.4 Å². The Bertz CT molecular complexity index is 662. The van der Waals surface area contributed by atoms with Gasteiger partial charge in [0.1, 0.15) is 0 Å². The molecule has 0 unspecified atom stereocenters. The van der Waals surface area contributed by atoms with E-state index in [1.165, 1.54) is 11.7 Å². The minimum atomic E-state index is -0.260. The Morgan fingerprint density at radius 2 is 2.10 bits per heavy atom. The molecule has 1 aromatic heterocycles. The van der Waals surface area contributed by atoms with E-state index in [0.29, 0.717) is 16.8 Å². The fourth-order valence-corrected chi connectivity index (χ4v) is 2.28. The molecule has 2 aromatic rings. The molecule has 2 rings (SSSR count). The van der Waals surface area contributed by atoms with Gasteiger partial charge >= 0.3 is 0 Å². The SMILES string of the molecule is COc1cc(-n2ccc(CBr)cc2=O)ccc1OSF. The van der Waals surface area contributed by atoms with Crippen LogP contribution in [0, 0.1) is 0 Å². The average Bonchev–Trinajstić information content (AvgIpc) is 2.48. The number of halogens is 2. The highest BCUT2D eigenvalue weighted by Crippen LogP contribution is 2.31. The number of methoxy groups -OCH3 is 1. The van der Waals surface area contributed by atoms with Crippen LogP contribution in [0.3, 0.4) is 0 Å². The molecule has 0 saturated carbocycles. The number of benzene rings is 1. The third-order valence-electron chi connectivity index (χ3n) is 2.68. The van der Waals surface area contributed by atoms with Crippen molar-refractivity contribution >= 4 is 28.4 Å². The Morgan fingerprint density at radius 1 is 1.30 bits per heavy atom. The summed E-state index contributed by atoms with van der Waals surface area (Å²) in [6.07, 6.45) is 1.68. The highest BCUT2D eigenvalue weighted by atomic mass is 79.9. The van der Waals surface area contributed by atoms with E-state index < -0.39 is 0 Å². The second-order valence-electron chi connectivity index (χ2n) is 3.86. The molecule has 0 fully saturated rings. The summed E-state index contributed by atoms with van der Waals surface area (Å²) in [6, 6.07) is 8.20. The summed E-state index contributed by atoms with van der Waals surface area (Å²) in [6.45, 7) is 0. The fourth-order valence-electron chi connectivity index (χ4n) is 1.73. The third-order valence-corrected chi connectivity index (χ3v) is 3.57. The molecule has 106 valence electrons. The lowest BCUT2D eigenvalue weighted by atomic mass is 10.2. The Morgan fingerprint density at radius 3 is 2.70 bits per heavy atom. The van der Waals surface area contributed by atoms with Crippen LogP contribution in [0.15, 0.2) is 41.3 Å². The van der Waals surface area contributed by atoms with Crippen molar-refractivity contribution in [2.75, 3.05) is 7.11 Å². The number of nitrogens with zero attached hydrogens (tertiary/aromatic N) is 1. The van der Waals surface area contributed by atoms with Crippen molar-refractivity contribution in [2.24, 2.45) is 0 Å². The van der Waals surface area contributed by atoms with E-state index in [-0.39, 0.29) is 23.7 Å². The predicted molar refractivity (Wildman–Crippen MR) is 80.5 cm³/mol. The molecule has 7 heteroatoms. The van der Waals surface area contributed by atoms with Crippen LogP contribution in [-0.4, -0.2) is 11.7 Å². The summed E-state index contributed by atoms with van der Waals surface area (Å²) in [5.41, 5.74) is 1.36. The molecule has 0 aliphatic carbocycles. The highest BCUT2D eigenvalue weighted by molar-refractivity contribution is 9.08. The first-order valence-electron chi connectivity index (χ1n) is 5.61. The first-order valence-corrected chi connectivity index (χ1v) is 7.37. The zero-order valence-electron chi connectivity index (χ0n) is 10.5. The number of aromatic nitrogens is 1. The zero-order valence-corrected chi connectivity index (χ0v) is 12.9. The van der Waals surface area contributed by atoms with Gasteiger partial charge in [0, 0.05) is 23.7 Å². The van der Waals surface area contributed by atoms with Gasteiger partial charge in [-0.2, -0.15) is 0 Å². The molecule has 0 saturated heterocycles. The number of hydrogen-bond donors (Lipinski definition) is 0. The lowest BCUT2D eigenvalue weighted by Crippen LogP contribution is -2.17. The molecular weight excluding hydrogens is 349 g/mol. The maximum absolute atomic E-state index is 12.1. The van der Waals surface area contributed by atoms with E-state index in [4.69, 9.17) is 8.92 Å². The zero-order chi connectivity index (χ0) is 14.5. The maximum Gasteiger partial charge on any atom is 0.272 e. The van der Waals surface area contributed by atoms with Crippen LogP contribution in [0.5, 0.6) is 11.5 Å². The minimum absolute atomic E-state index is 0.155. The summed E-state index contributed by atoms with van der Waals surface area (Å²) >= 11 is 3.04. The third kappa shape index (κ3) is 3.16. The van der Waals surface area contributed by atoms with Gasteiger partial charge in [-0.3, -0.25) is 9.36 Å². The van der Waals surface area contributed by atoms with Crippen LogP contribution in [0.25, 0.3) is 5.69 Å². The molecule has 0 aliphatic heterocycles. The molecule has 0 bridgehead atoms. The van der Waals surface area contributed by atoms with Crippen LogP contribution in [0.4, 0.5) is 3.89 Å². The summed E-state index contributed by atoms with van der Waals surface area (Å²) < 4.78 is 23.5. The minimum Gasteiger partial charge on any atom is -0.493 e. The first kappa shape index (κ1) is 14.9. The largest absolute Gasteiger partial charge is 0.493 e. The van der Waals surface area contributed by atoms with E-state index in [1.54, 1.807) is 30.5 Å². The van der Waals surface area contributed by atoms with Gasteiger partial charge in [0.05, 0.1) is 12.8 Å². The molecule has 1 heterocycles. The quantitative estimate of drug-likeness (QED) is 0.603.